The van der Waals surface area contributed by atoms with Gasteiger partial charge in [0.25, 0.3) is 3.79 Å². The second-order valence-corrected chi connectivity index (χ2v) is 3.64. The zero-order chi connectivity index (χ0) is 15.2. The summed E-state index contributed by atoms with van der Waals surface area (Å²) < 4.78 is 118. The summed E-state index contributed by atoms with van der Waals surface area (Å²) in [4.78, 5) is 6.44. The van der Waals surface area contributed by atoms with Gasteiger partial charge in [-0.3, -0.25) is 4.79 Å². The molecule has 0 aromatic rings. The molecule has 0 unspecified atom stereocenters. The molecule has 108 valence electrons. The quantitative estimate of drug-likeness (QED) is 0.309. The van der Waals surface area contributed by atoms with Gasteiger partial charge in [0, 0.05) is 22.6 Å². The van der Waals surface area contributed by atoms with Gasteiger partial charge in [-0.1, -0.05) is 4.90 Å². The van der Waals surface area contributed by atoms with Crippen LogP contribution in [0.15, 0.2) is 0 Å². The molecular weight excluding hydrogens is 407 g/mol. The highest BCUT2D eigenvalue weighted by molar-refractivity contribution is 14.1. The lowest BCUT2D eigenvalue weighted by atomic mass is 10.3. The monoisotopic (exact) mass is 407 g/mol. The van der Waals surface area contributed by atoms with E-state index in [2.05, 4.69) is 0 Å². The topological polar surface area (TPSA) is 20.3 Å². The number of alkyl halides is 10. The highest BCUT2D eigenvalue weighted by Crippen LogP contribution is 2.49. The predicted octanol–water partition coefficient (Wildman–Crippen LogP) is 3.52. The third-order valence-corrected chi connectivity index (χ3v) is 2.09. The number of carbonyl (C=O) groups excluding carboxylic acids is 1. The lowest BCUT2D eigenvalue weighted by molar-refractivity contribution is -0.462. The Labute approximate surface area is 105 Å². The van der Waals surface area contributed by atoms with Gasteiger partial charge in [0.1, 0.15) is 0 Å². The molecule has 0 fully saturated rings. The van der Waals surface area contributed by atoms with E-state index in [9.17, 15) is 48.7 Å². The number of nitrogens with zero attached hydrogens (tertiary/aromatic N) is 1. The van der Waals surface area contributed by atoms with E-state index in [0.29, 0.717) is 0 Å². The molecule has 18 heavy (non-hydrogen) atoms. The van der Waals surface area contributed by atoms with Gasteiger partial charge in [-0.2, -0.15) is 43.9 Å². The van der Waals surface area contributed by atoms with Crippen molar-refractivity contribution in [3.63, 3.8) is 0 Å². The van der Waals surface area contributed by atoms with Gasteiger partial charge in [-0.15, -0.1) is 0 Å². The second kappa shape index (κ2) is 4.64. The smallest absolute Gasteiger partial charge is 0.281 e. The van der Waals surface area contributed by atoms with Crippen molar-refractivity contribution in [1.29, 1.82) is 0 Å². The summed E-state index contributed by atoms with van der Waals surface area (Å²) in [6.45, 7) is 0. The Morgan fingerprint density at radius 1 is 0.778 bits per heavy atom. The molecule has 0 aliphatic heterocycles. The third-order valence-electron chi connectivity index (χ3n) is 1.41. The van der Waals surface area contributed by atoms with Crippen molar-refractivity contribution in [2.75, 3.05) is 0 Å². The van der Waals surface area contributed by atoms with E-state index < -0.39 is 33.3 Å². The predicted molar refractivity (Wildman–Crippen MR) is 42.9 cm³/mol. The summed E-state index contributed by atoms with van der Waals surface area (Å²) >= 11 is -0.0301. The standard InChI is InChI=1S/C5F10INO/c6-2(7,1(16)18)3(8,9)17(4(10,11)12)5(13,14)15. The Morgan fingerprint density at radius 3 is 1.22 bits per heavy atom. The Balaban J connectivity index is 5.87. The van der Waals surface area contributed by atoms with E-state index in [0.717, 1.165) is 0 Å². The Hall–Kier alpha value is -0.340. The van der Waals surface area contributed by atoms with Gasteiger partial charge in [0.2, 0.25) is 0 Å². The van der Waals surface area contributed by atoms with Crippen LogP contribution in [0.25, 0.3) is 0 Å². The van der Waals surface area contributed by atoms with Crippen LogP contribution < -0.4 is 0 Å². The summed E-state index contributed by atoms with van der Waals surface area (Å²) in [6.07, 6.45) is -13.7. The minimum atomic E-state index is -6.85. The highest BCUT2D eigenvalue weighted by Gasteiger charge is 2.76. The Kier molecular flexibility index (Phi) is 4.56. The van der Waals surface area contributed by atoms with Gasteiger partial charge in [-0.05, 0) is 0 Å². The van der Waals surface area contributed by atoms with Crippen molar-refractivity contribution < 1.29 is 48.7 Å². The summed E-state index contributed by atoms with van der Waals surface area (Å²) in [7, 11) is 0. The van der Waals surface area contributed by atoms with Gasteiger partial charge >= 0.3 is 24.6 Å². The molecule has 0 spiro atoms. The molecule has 13 heteroatoms. The molecule has 0 N–H and O–H groups in total. The fraction of sp³-hybridized carbons (Fsp3) is 0.800. The number of halogens is 11. The normalized spacial score (nSPS) is 15.1. The molecule has 0 aliphatic carbocycles. The summed E-state index contributed by atoms with van der Waals surface area (Å²) in [5.74, 6) is -6.17. The van der Waals surface area contributed by atoms with Crippen molar-refractivity contribution in [3.05, 3.63) is 0 Å². The van der Waals surface area contributed by atoms with Crippen LogP contribution >= 0.6 is 22.6 Å². The van der Waals surface area contributed by atoms with Crippen molar-refractivity contribution in [1.82, 2.24) is 4.90 Å². The minimum absolute atomic E-state index is 0.0301. The van der Waals surface area contributed by atoms with E-state index in [1.807, 2.05) is 0 Å². The summed E-state index contributed by atoms with van der Waals surface area (Å²) in [5.41, 5.74) is 0. The fourth-order valence-electron chi connectivity index (χ4n) is 0.721. The highest BCUT2D eigenvalue weighted by atomic mass is 127. The van der Waals surface area contributed by atoms with Crippen molar-refractivity contribution >= 4 is 26.4 Å². The molecule has 0 bridgehead atoms. The minimum Gasteiger partial charge on any atom is -0.281 e. The maximum atomic E-state index is 12.6. The first kappa shape index (κ1) is 17.7. The lowest BCUT2D eigenvalue weighted by Gasteiger charge is -2.35. The van der Waals surface area contributed by atoms with E-state index in [-0.39, 0.29) is 22.6 Å². The lowest BCUT2D eigenvalue weighted by Crippen LogP contribution is -2.66. The van der Waals surface area contributed by atoms with Gasteiger partial charge in [0.05, 0.1) is 0 Å². The SMILES string of the molecule is O=C(I)C(F)(F)C(F)(F)N(C(F)(F)F)C(F)(F)F. The fourth-order valence-corrected chi connectivity index (χ4v) is 1.05. The number of hydrogen-bond acceptors (Lipinski definition) is 2. The molecule has 0 heterocycles. The number of rotatable bonds is 3. The van der Waals surface area contributed by atoms with Crippen molar-refractivity contribution in [2.24, 2.45) is 0 Å². The zero-order valence-corrected chi connectivity index (χ0v) is 9.67. The molecule has 0 aromatic heterocycles. The molecule has 0 amide bonds. The van der Waals surface area contributed by atoms with Crippen LogP contribution in [-0.2, 0) is 4.79 Å². The van der Waals surface area contributed by atoms with Crippen LogP contribution in [0.4, 0.5) is 43.9 Å². The Morgan fingerprint density at radius 2 is 1.06 bits per heavy atom. The number of hydrogen-bond donors (Lipinski definition) is 0. The van der Waals surface area contributed by atoms with Gasteiger partial charge in [0.15, 0.2) is 0 Å². The first-order valence-corrected chi connectivity index (χ1v) is 4.53. The molecule has 0 radical (unpaired) electrons. The van der Waals surface area contributed by atoms with E-state index >= 15 is 0 Å². The van der Waals surface area contributed by atoms with Gasteiger partial charge in [-0.25, -0.2) is 0 Å². The average molecular weight is 407 g/mol. The average Bonchev–Trinajstić information content (AvgIpc) is 1.95. The van der Waals surface area contributed by atoms with Crippen LogP contribution in [0.5, 0.6) is 0 Å². The third kappa shape index (κ3) is 3.16. The molecule has 0 saturated heterocycles. The molecule has 2 nitrogen and oxygen atoms in total. The molecule has 0 rings (SSSR count). The van der Waals surface area contributed by atoms with E-state index in [1.165, 1.54) is 0 Å². The van der Waals surface area contributed by atoms with Crippen molar-refractivity contribution in [2.45, 2.75) is 24.6 Å². The summed E-state index contributed by atoms with van der Waals surface area (Å²) in [5, 5.41) is 0. The maximum Gasteiger partial charge on any atom is 0.472 e. The van der Waals surface area contributed by atoms with E-state index in [4.69, 9.17) is 0 Å². The largest absolute Gasteiger partial charge is 0.472 e. The molecule has 0 atom stereocenters. The summed E-state index contributed by atoms with van der Waals surface area (Å²) in [6, 6.07) is -6.80. The first-order valence-electron chi connectivity index (χ1n) is 3.45. The zero-order valence-electron chi connectivity index (χ0n) is 7.51. The van der Waals surface area contributed by atoms with Crippen molar-refractivity contribution in [3.8, 4) is 0 Å². The molecule has 0 saturated carbocycles. The second-order valence-electron chi connectivity index (χ2n) is 2.66. The Bertz CT molecular complexity index is 318. The van der Waals surface area contributed by atoms with E-state index in [1.54, 1.807) is 0 Å². The van der Waals surface area contributed by atoms with Crippen LogP contribution in [0.3, 0.4) is 0 Å². The number of carbonyl (C=O) groups is 1. The van der Waals surface area contributed by atoms with Crippen LogP contribution in [0, 0.1) is 0 Å². The molecule has 0 aromatic carbocycles. The van der Waals surface area contributed by atoms with Crippen LogP contribution in [-0.4, -0.2) is 33.3 Å². The first-order chi connectivity index (χ1) is 7.56. The van der Waals surface area contributed by atoms with Crippen LogP contribution in [0.1, 0.15) is 0 Å². The molecular formula is C5F10INO. The van der Waals surface area contributed by atoms with Crippen LogP contribution in [0.2, 0.25) is 0 Å². The molecule has 0 aliphatic rings. The van der Waals surface area contributed by atoms with Gasteiger partial charge < -0.3 is 0 Å². The maximum absolute atomic E-state index is 12.6.